The Hall–Kier alpha value is -1.55. The Bertz CT molecular complexity index is 416. The summed E-state index contributed by atoms with van der Waals surface area (Å²) in [6.07, 6.45) is 2.49. The molecule has 0 aliphatic carbocycles. The van der Waals surface area contributed by atoms with E-state index in [0.717, 1.165) is 25.1 Å². The van der Waals surface area contributed by atoms with Gasteiger partial charge in [-0.3, -0.25) is 4.79 Å². The largest absolute Gasteiger partial charge is 0.497 e. The summed E-state index contributed by atoms with van der Waals surface area (Å²) in [5.74, 6) is 0.632. The molecule has 1 N–H and O–H groups in total. The van der Waals surface area contributed by atoms with Crippen LogP contribution in [0.3, 0.4) is 0 Å². The number of carbonyl (C=O) groups is 1. The predicted molar refractivity (Wildman–Crippen MR) is 80.0 cm³/mol. The lowest BCUT2D eigenvalue weighted by atomic mass is 9.93. The maximum Gasteiger partial charge on any atom is 0.325 e. The maximum atomic E-state index is 12.0. The van der Waals surface area contributed by atoms with Gasteiger partial charge >= 0.3 is 5.97 Å². The second-order valence-corrected chi connectivity index (χ2v) is 5.10. The monoisotopic (exact) mass is 279 g/mol. The van der Waals surface area contributed by atoms with E-state index in [2.05, 4.69) is 12.2 Å². The van der Waals surface area contributed by atoms with Gasteiger partial charge in [0.25, 0.3) is 0 Å². The number of carbonyl (C=O) groups excluding carboxylic acids is 1. The number of methoxy groups -OCH3 is 2. The summed E-state index contributed by atoms with van der Waals surface area (Å²) < 4.78 is 10.1. The first-order valence-corrected chi connectivity index (χ1v) is 7.02. The van der Waals surface area contributed by atoms with Crippen LogP contribution in [0, 0.1) is 0 Å². The second kappa shape index (κ2) is 7.90. The molecule has 1 rings (SSSR count). The summed E-state index contributed by atoms with van der Waals surface area (Å²) >= 11 is 0. The van der Waals surface area contributed by atoms with Crippen molar-refractivity contribution in [2.45, 2.75) is 38.6 Å². The van der Waals surface area contributed by atoms with Crippen LogP contribution in [0.2, 0.25) is 0 Å². The molecule has 0 bridgehead atoms. The van der Waals surface area contributed by atoms with E-state index in [0.29, 0.717) is 6.42 Å². The fourth-order valence-corrected chi connectivity index (χ4v) is 2.08. The van der Waals surface area contributed by atoms with Gasteiger partial charge in [0.1, 0.15) is 11.3 Å². The number of hydrogen-bond donors (Lipinski definition) is 1. The molecule has 1 unspecified atom stereocenters. The number of aryl methyl sites for hydroxylation is 1. The number of ether oxygens (including phenoxy) is 2. The van der Waals surface area contributed by atoms with Crippen molar-refractivity contribution in [1.29, 1.82) is 0 Å². The van der Waals surface area contributed by atoms with Gasteiger partial charge in [0.05, 0.1) is 14.2 Å². The van der Waals surface area contributed by atoms with Crippen LogP contribution in [0.25, 0.3) is 0 Å². The third-order valence-electron chi connectivity index (χ3n) is 3.47. The summed E-state index contributed by atoms with van der Waals surface area (Å²) in [6.45, 7) is 4.78. The topological polar surface area (TPSA) is 47.6 Å². The first kappa shape index (κ1) is 16.5. The van der Waals surface area contributed by atoms with E-state index >= 15 is 0 Å². The first-order chi connectivity index (χ1) is 9.55. The fourth-order valence-electron chi connectivity index (χ4n) is 2.08. The Morgan fingerprint density at radius 2 is 1.90 bits per heavy atom. The molecule has 1 aromatic rings. The molecule has 0 saturated carbocycles. The molecule has 0 amide bonds. The van der Waals surface area contributed by atoms with Crippen molar-refractivity contribution >= 4 is 5.97 Å². The van der Waals surface area contributed by atoms with Gasteiger partial charge in [-0.1, -0.05) is 19.1 Å². The standard InChI is InChI=1S/C16H25NO3/c1-5-12-17-16(2,15(18)20-4)11-10-13-6-8-14(19-3)9-7-13/h6-9,17H,5,10-12H2,1-4H3. The molecule has 20 heavy (non-hydrogen) atoms. The summed E-state index contributed by atoms with van der Waals surface area (Å²) in [7, 11) is 3.08. The molecule has 0 fully saturated rings. The molecule has 4 heteroatoms. The van der Waals surface area contributed by atoms with Crippen LogP contribution in [0.1, 0.15) is 32.3 Å². The molecular formula is C16H25NO3. The van der Waals surface area contributed by atoms with E-state index < -0.39 is 5.54 Å². The van der Waals surface area contributed by atoms with E-state index in [1.54, 1.807) is 7.11 Å². The van der Waals surface area contributed by atoms with Crippen LogP contribution in [0.5, 0.6) is 5.75 Å². The third-order valence-corrected chi connectivity index (χ3v) is 3.47. The highest BCUT2D eigenvalue weighted by Crippen LogP contribution is 2.18. The summed E-state index contributed by atoms with van der Waals surface area (Å²) in [5, 5.41) is 3.29. The van der Waals surface area contributed by atoms with Crippen molar-refractivity contribution < 1.29 is 14.3 Å². The van der Waals surface area contributed by atoms with Crippen molar-refractivity contribution in [3.63, 3.8) is 0 Å². The average molecular weight is 279 g/mol. The van der Waals surface area contributed by atoms with Gasteiger partial charge in [-0.25, -0.2) is 0 Å². The summed E-state index contributed by atoms with van der Waals surface area (Å²) in [6, 6.07) is 7.92. The zero-order valence-electron chi connectivity index (χ0n) is 12.9. The molecule has 0 aliphatic heterocycles. The molecule has 0 aliphatic rings. The van der Waals surface area contributed by atoms with E-state index in [9.17, 15) is 4.79 Å². The van der Waals surface area contributed by atoms with Gasteiger partial charge in [0, 0.05) is 0 Å². The lowest BCUT2D eigenvalue weighted by Gasteiger charge is -2.28. The molecule has 4 nitrogen and oxygen atoms in total. The van der Waals surface area contributed by atoms with E-state index in [-0.39, 0.29) is 5.97 Å². The van der Waals surface area contributed by atoms with Crippen LogP contribution < -0.4 is 10.1 Å². The van der Waals surface area contributed by atoms with Crippen molar-refractivity contribution in [2.75, 3.05) is 20.8 Å². The number of hydrogen-bond acceptors (Lipinski definition) is 4. The van der Waals surface area contributed by atoms with Gasteiger partial charge in [-0.05, 0) is 50.4 Å². The van der Waals surface area contributed by atoms with Crippen molar-refractivity contribution in [3.8, 4) is 5.75 Å². The Kier molecular flexibility index (Phi) is 6.52. The van der Waals surface area contributed by atoms with Crippen LogP contribution in [-0.4, -0.2) is 32.3 Å². The van der Waals surface area contributed by atoms with E-state index in [1.807, 2.05) is 31.2 Å². The van der Waals surface area contributed by atoms with E-state index in [1.165, 1.54) is 12.7 Å². The highest BCUT2D eigenvalue weighted by atomic mass is 16.5. The number of benzene rings is 1. The molecule has 1 aromatic carbocycles. The molecule has 0 heterocycles. The quantitative estimate of drug-likeness (QED) is 0.743. The predicted octanol–water partition coefficient (Wildman–Crippen LogP) is 2.56. The van der Waals surface area contributed by atoms with Gasteiger partial charge in [0.15, 0.2) is 0 Å². The lowest BCUT2D eigenvalue weighted by Crippen LogP contribution is -2.50. The van der Waals surface area contributed by atoms with Crippen molar-refractivity contribution in [2.24, 2.45) is 0 Å². The van der Waals surface area contributed by atoms with Gasteiger partial charge in [-0.2, -0.15) is 0 Å². The number of nitrogens with one attached hydrogen (secondary N) is 1. The molecule has 0 aromatic heterocycles. The normalized spacial score (nSPS) is 13.6. The van der Waals surface area contributed by atoms with Crippen LogP contribution in [0.15, 0.2) is 24.3 Å². The molecular weight excluding hydrogens is 254 g/mol. The molecule has 112 valence electrons. The van der Waals surface area contributed by atoms with E-state index in [4.69, 9.17) is 9.47 Å². The Labute approximate surface area is 121 Å². The Balaban J connectivity index is 2.67. The van der Waals surface area contributed by atoms with Crippen LogP contribution in [-0.2, 0) is 16.0 Å². The van der Waals surface area contributed by atoms with Crippen molar-refractivity contribution in [1.82, 2.24) is 5.32 Å². The minimum absolute atomic E-state index is 0.209. The SMILES string of the molecule is CCCNC(C)(CCc1ccc(OC)cc1)C(=O)OC. The molecule has 0 spiro atoms. The van der Waals surface area contributed by atoms with Crippen molar-refractivity contribution in [3.05, 3.63) is 29.8 Å². The smallest absolute Gasteiger partial charge is 0.325 e. The van der Waals surface area contributed by atoms with Gasteiger partial charge in [-0.15, -0.1) is 0 Å². The maximum absolute atomic E-state index is 12.0. The zero-order chi connectivity index (χ0) is 15.0. The molecule has 1 atom stereocenters. The van der Waals surface area contributed by atoms with Crippen LogP contribution >= 0.6 is 0 Å². The Morgan fingerprint density at radius 3 is 2.40 bits per heavy atom. The fraction of sp³-hybridized carbons (Fsp3) is 0.562. The number of esters is 1. The minimum Gasteiger partial charge on any atom is -0.497 e. The summed E-state index contributed by atoms with van der Waals surface area (Å²) in [4.78, 5) is 12.0. The zero-order valence-corrected chi connectivity index (χ0v) is 12.9. The molecule has 0 saturated heterocycles. The summed E-state index contributed by atoms with van der Waals surface area (Å²) in [5.41, 5.74) is 0.546. The lowest BCUT2D eigenvalue weighted by molar-refractivity contribution is -0.148. The highest BCUT2D eigenvalue weighted by molar-refractivity contribution is 5.80. The average Bonchev–Trinajstić information content (AvgIpc) is 2.50. The third kappa shape index (κ3) is 4.53. The second-order valence-electron chi connectivity index (χ2n) is 5.10. The highest BCUT2D eigenvalue weighted by Gasteiger charge is 2.33. The minimum atomic E-state index is -0.634. The Morgan fingerprint density at radius 1 is 1.25 bits per heavy atom. The molecule has 0 radical (unpaired) electrons. The van der Waals surface area contributed by atoms with Gasteiger partial charge < -0.3 is 14.8 Å². The first-order valence-electron chi connectivity index (χ1n) is 7.02. The van der Waals surface area contributed by atoms with Gasteiger partial charge in [0.2, 0.25) is 0 Å². The van der Waals surface area contributed by atoms with Crippen LogP contribution in [0.4, 0.5) is 0 Å². The number of rotatable bonds is 8.